The van der Waals surface area contributed by atoms with Crippen molar-refractivity contribution in [1.29, 1.82) is 0 Å². The first kappa shape index (κ1) is 19.1. The van der Waals surface area contributed by atoms with E-state index >= 15 is 0 Å². The van der Waals surface area contributed by atoms with Gasteiger partial charge < -0.3 is 14.7 Å². The zero-order chi connectivity index (χ0) is 18.9. The Balaban J connectivity index is 1.51. The van der Waals surface area contributed by atoms with Crippen molar-refractivity contribution >= 4 is 6.09 Å². The third-order valence-electron chi connectivity index (χ3n) is 4.96. The van der Waals surface area contributed by atoms with Gasteiger partial charge in [0.2, 0.25) is 0 Å². The number of nitrogens with zero attached hydrogens (tertiary/aromatic N) is 3. The van der Waals surface area contributed by atoms with Crippen molar-refractivity contribution in [2.75, 3.05) is 26.2 Å². The molecule has 1 N–H and O–H groups in total. The lowest BCUT2D eigenvalue weighted by molar-refractivity contribution is -0.00422. The Morgan fingerprint density at radius 2 is 2.08 bits per heavy atom. The lowest BCUT2D eigenvalue weighted by Gasteiger charge is -2.40. The molecule has 2 heterocycles. The van der Waals surface area contributed by atoms with Crippen LogP contribution in [-0.2, 0) is 4.74 Å². The van der Waals surface area contributed by atoms with E-state index < -0.39 is 11.7 Å². The molecule has 1 saturated carbocycles. The first-order valence-electron chi connectivity index (χ1n) is 9.59. The molecular formula is C20H31N3O3. The lowest BCUT2D eigenvalue weighted by atomic mass is 10.1. The fourth-order valence-corrected chi connectivity index (χ4v) is 3.38. The molecule has 6 heteroatoms. The molecule has 0 aromatic carbocycles. The summed E-state index contributed by atoms with van der Waals surface area (Å²) in [7, 11) is 0. The van der Waals surface area contributed by atoms with Gasteiger partial charge in [0, 0.05) is 55.6 Å². The van der Waals surface area contributed by atoms with Gasteiger partial charge in [0.25, 0.3) is 0 Å². The second-order valence-electron chi connectivity index (χ2n) is 8.59. The summed E-state index contributed by atoms with van der Waals surface area (Å²) in [5.74, 6) is 0.628. The standard InChI is InChI=1S/C20H31N3O3/c1-14-12-22(9-10-23(14)19(25)26-20(2,3)4)13-18(24)16-7-8-17(21-11-16)15-5-6-15/h7-8,11,14-15,18,24H,5-6,9-10,12-13H2,1-4H3/t14-,18?/m1/s1. The number of aromatic nitrogens is 1. The van der Waals surface area contributed by atoms with Crippen LogP contribution in [-0.4, -0.2) is 63.8 Å². The summed E-state index contributed by atoms with van der Waals surface area (Å²) in [6.45, 7) is 10.3. The number of aliphatic hydroxyl groups excluding tert-OH is 1. The third-order valence-corrected chi connectivity index (χ3v) is 4.96. The zero-order valence-electron chi connectivity index (χ0n) is 16.3. The summed E-state index contributed by atoms with van der Waals surface area (Å²) < 4.78 is 5.48. The Morgan fingerprint density at radius 1 is 1.35 bits per heavy atom. The van der Waals surface area contributed by atoms with Gasteiger partial charge in [-0.05, 0) is 46.6 Å². The number of hydrogen-bond donors (Lipinski definition) is 1. The molecule has 144 valence electrons. The van der Waals surface area contributed by atoms with Gasteiger partial charge in [-0.25, -0.2) is 4.79 Å². The molecule has 0 radical (unpaired) electrons. The Labute approximate surface area is 156 Å². The molecule has 1 aliphatic heterocycles. The van der Waals surface area contributed by atoms with E-state index in [2.05, 4.69) is 9.88 Å². The molecule has 1 aromatic rings. The second-order valence-corrected chi connectivity index (χ2v) is 8.59. The minimum atomic E-state index is -0.559. The lowest BCUT2D eigenvalue weighted by Crippen LogP contribution is -2.55. The third kappa shape index (κ3) is 4.95. The Kier molecular flexibility index (Phi) is 5.53. The van der Waals surface area contributed by atoms with Crippen LogP contribution in [0, 0.1) is 0 Å². The van der Waals surface area contributed by atoms with Gasteiger partial charge in [0.05, 0.1) is 6.10 Å². The summed E-state index contributed by atoms with van der Waals surface area (Å²) in [5.41, 5.74) is 1.52. The van der Waals surface area contributed by atoms with Crippen LogP contribution in [0.5, 0.6) is 0 Å². The zero-order valence-corrected chi connectivity index (χ0v) is 16.3. The van der Waals surface area contributed by atoms with Crippen molar-refractivity contribution in [3.63, 3.8) is 0 Å². The van der Waals surface area contributed by atoms with Crippen LogP contribution in [0.25, 0.3) is 0 Å². The van der Waals surface area contributed by atoms with Gasteiger partial charge in [0.15, 0.2) is 0 Å². The highest BCUT2D eigenvalue weighted by Crippen LogP contribution is 2.38. The van der Waals surface area contributed by atoms with Gasteiger partial charge in [-0.15, -0.1) is 0 Å². The van der Waals surface area contributed by atoms with Crippen molar-refractivity contribution in [3.05, 3.63) is 29.6 Å². The number of pyridine rings is 1. The van der Waals surface area contributed by atoms with Gasteiger partial charge >= 0.3 is 6.09 Å². The summed E-state index contributed by atoms with van der Waals surface area (Å²) in [5, 5.41) is 10.5. The van der Waals surface area contributed by atoms with E-state index in [0.717, 1.165) is 24.3 Å². The van der Waals surface area contributed by atoms with Crippen molar-refractivity contribution in [1.82, 2.24) is 14.8 Å². The molecule has 6 nitrogen and oxygen atoms in total. The molecule has 1 aromatic heterocycles. The minimum absolute atomic E-state index is 0.0566. The molecule has 1 aliphatic carbocycles. The van der Waals surface area contributed by atoms with Crippen LogP contribution < -0.4 is 0 Å². The predicted molar refractivity (Wildman–Crippen MR) is 100 cm³/mol. The van der Waals surface area contributed by atoms with E-state index in [4.69, 9.17) is 4.74 Å². The monoisotopic (exact) mass is 361 g/mol. The number of aliphatic hydroxyl groups is 1. The maximum atomic E-state index is 12.3. The highest BCUT2D eigenvalue weighted by Gasteiger charge is 2.31. The number of piperazine rings is 1. The van der Waals surface area contributed by atoms with Crippen LogP contribution in [0.4, 0.5) is 4.79 Å². The van der Waals surface area contributed by atoms with Gasteiger partial charge in [-0.1, -0.05) is 6.07 Å². The maximum Gasteiger partial charge on any atom is 0.410 e. The number of ether oxygens (including phenoxy) is 1. The van der Waals surface area contributed by atoms with E-state index in [1.807, 2.05) is 39.8 Å². The smallest absolute Gasteiger partial charge is 0.410 e. The van der Waals surface area contributed by atoms with Crippen LogP contribution in [0.15, 0.2) is 18.3 Å². The molecule has 2 atom stereocenters. The second kappa shape index (κ2) is 7.53. The van der Waals surface area contributed by atoms with Gasteiger partial charge in [0.1, 0.15) is 5.60 Å². The average molecular weight is 361 g/mol. The maximum absolute atomic E-state index is 12.3. The molecule has 1 unspecified atom stereocenters. The molecule has 0 bridgehead atoms. The minimum Gasteiger partial charge on any atom is -0.444 e. The van der Waals surface area contributed by atoms with Gasteiger partial charge in [-0.2, -0.15) is 0 Å². The highest BCUT2D eigenvalue weighted by atomic mass is 16.6. The van der Waals surface area contributed by atoms with Crippen LogP contribution >= 0.6 is 0 Å². The first-order chi connectivity index (χ1) is 12.2. The quantitative estimate of drug-likeness (QED) is 0.893. The Bertz CT molecular complexity index is 622. The van der Waals surface area contributed by atoms with Crippen LogP contribution in [0.1, 0.15) is 63.8 Å². The molecule has 1 saturated heterocycles. The largest absolute Gasteiger partial charge is 0.444 e. The summed E-state index contributed by atoms with van der Waals surface area (Å²) in [4.78, 5) is 20.8. The summed E-state index contributed by atoms with van der Waals surface area (Å²) in [6.07, 6.45) is 3.45. The summed E-state index contributed by atoms with van der Waals surface area (Å²) in [6, 6.07) is 4.09. The van der Waals surface area contributed by atoms with Crippen molar-refractivity contribution < 1.29 is 14.6 Å². The average Bonchev–Trinajstić information content (AvgIpc) is 3.38. The number of β-amino-alcohol motifs (C(OH)–C–C–N with tert-alkyl or cyclic N) is 1. The van der Waals surface area contributed by atoms with E-state index in [-0.39, 0.29) is 12.1 Å². The number of amides is 1. The van der Waals surface area contributed by atoms with E-state index in [9.17, 15) is 9.90 Å². The van der Waals surface area contributed by atoms with Crippen LogP contribution in [0.3, 0.4) is 0 Å². The Morgan fingerprint density at radius 3 is 2.62 bits per heavy atom. The molecule has 3 rings (SSSR count). The van der Waals surface area contributed by atoms with Crippen molar-refractivity contribution in [2.45, 2.75) is 64.2 Å². The molecule has 1 amide bonds. The topological polar surface area (TPSA) is 65.9 Å². The number of hydrogen-bond acceptors (Lipinski definition) is 5. The fourth-order valence-electron chi connectivity index (χ4n) is 3.38. The molecular weight excluding hydrogens is 330 g/mol. The van der Waals surface area contributed by atoms with E-state index in [1.165, 1.54) is 12.8 Å². The highest BCUT2D eigenvalue weighted by molar-refractivity contribution is 5.68. The molecule has 2 fully saturated rings. The van der Waals surface area contributed by atoms with Crippen LogP contribution in [0.2, 0.25) is 0 Å². The Hall–Kier alpha value is -1.66. The number of rotatable bonds is 4. The molecule has 0 spiro atoms. The summed E-state index contributed by atoms with van der Waals surface area (Å²) >= 11 is 0. The van der Waals surface area contributed by atoms with Gasteiger partial charge in [-0.3, -0.25) is 9.88 Å². The predicted octanol–water partition coefficient (Wildman–Crippen LogP) is 2.93. The molecule has 2 aliphatic rings. The van der Waals surface area contributed by atoms with Crippen molar-refractivity contribution in [3.8, 4) is 0 Å². The number of carbonyl (C=O) groups is 1. The molecule has 26 heavy (non-hydrogen) atoms. The first-order valence-corrected chi connectivity index (χ1v) is 9.59. The SMILES string of the molecule is C[C@@H]1CN(CC(O)c2ccc(C3CC3)nc2)CCN1C(=O)OC(C)(C)C. The van der Waals surface area contributed by atoms with E-state index in [0.29, 0.717) is 19.0 Å². The fraction of sp³-hybridized carbons (Fsp3) is 0.700. The van der Waals surface area contributed by atoms with Crippen molar-refractivity contribution in [2.24, 2.45) is 0 Å². The normalized spacial score (nSPS) is 23.0. The number of carbonyl (C=O) groups excluding carboxylic acids is 1. The van der Waals surface area contributed by atoms with E-state index in [1.54, 1.807) is 11.1 Å².